The van der Waals surface area contributed by atoms with E-state index >= 15 is 0 Å². The molecule has 0 aliphatic heterocycles. The number of H-pyrrole nitrogens is 1. The highest BCUT2D eigenvalue weighted by atomic mass is 19.4. The highest BCUT2D eigenvalue weighted by Crippen LogP contribution is 2.32. The molecule has 25 heavy (non-hydrogen) atoms. The first-order valence-electron chi connectivity index (χ1n) is 7.27. The van der Waals surface area contributed by atoms with Crippen LogP contribution >= 0.6 is 0 Å². The van der Waals surface area contributed by atoms with Gasteiger partial charge in [-0.15, -0.1) is 0 Å². The molecule has 0 bridgehead atoms. The van der Waals surface area contributed by atoms with Crippen LogP contribution in [0.3, 0.4) is 0 Å². The Labute approximate surface area is 138 Å². The van der Waals surface area contributed by atoms with Gasteiger partial charge >= 0.3 is 18.0 Å². The van der Waals surface area contributed by atoms with Gasteiger partial charge in [-0.2, -0.15) is 17.7 Å². The minimum absolute atomic E-state index is 0.0681. The van der Waals surface area contributed by atoms with Crippen LogP contribution < -0.4 is 5.69 Å². The number of rotatable bonds is 2. The molecule has 9 heteroatoms. The second-order valence-corrected chi connectivity index (χ2v) is 5.13. The van der Waals surface area contributed by atoms with Crippen LogP contribution in [0.1, 0.15) is 12.5 Å². The number of imidazole rings is 1. The van der Waals surface area contributed by atoms with Crippen LogP contribution in [0.2, 0.25) is 0 Å². The van der Waals surface area contributed by atoms with E-state index < -0.39 is 23.5 Å². The third kappa shape index (κ3) is 3.12. The molecule has 3 rings (SSSR count). The topological polar surface area (TPSA) is 77.0 Å². The van der Waals surface area contributed by atoms with Gasteiger partial charge in [0.2, 0.25) is 0 Å². The molecular weight excluding hydrogens is 339 g/mol. The number of pyridine rings is 1. The van der Waals surface area contributed by atoms with E-state index in [1.165, 1.54) is 24.4 Å². The molecule has 2 aromatic heterocycles. The van der Waals surface area contributed by atoms with Gasteiger partial charge in [-0.1, -0.05) is 12.1 Å². The summed E-state index contributed by atoms with van der Waals surface area (Å²) in [5.74, 6) is 0. The summed E-state index contributed by atoms with van der Waals surface area (Å²) in [5.41, 5.74) is -0.694. The molecule has 0 saturated heterocycles. The lowest BCUT2D eigenvalue weighted by molar-refractivity contribution is -0.137. The minimum Gasteiger partial charge on any atom is -0.449 e. The first kappa shape index (κ1) is 16.7. The second kappa shape index (κ2) is 6.08. The molecule has 0 unspecified atom stereocenters. The number of aromatic amines is 1. The van der Waals surface area contributed by atoms with Gasteiger partial charge in [0.25, 0.3) is 0 Å². The van der Waals surface area contributed by atoms with Gasteiger partial charge in [-0.3, -0.25) is 4.98 Å². The zero-order valence-corrected chi connectivity index (χ0v) is 12.9. The number of nitrogens with zero attached hydrogens (tertiary/aromatic N) is 2. The van der Waals surface area contributed by atoms with E-state index in [0.29, 0.717) is 5.56 Å². The third-order valence-corrected chi connectivity index (χ3v) is 3.51. The summed E-state index contributed by atoms with van der Waals surface area (Å²) in [7, 11) is 0. The van der Waals surface area contributed by atoms with Crippen LogP contribution in [0.25, 0.3) is 22.3 Å². The number of aromatic nitrogens is 3. The van der Waals surface area contributed by atoms with Crippen molar-refractivity contribution < 1.29 is 22.7 Å². The van der Waals surface area contributed by atoms with E-state index in [9.17, 15) is 22.8 Å². The highest BCUT2D eigenvalue weighted by Gasteiger charge is 2.30. The summed E-state index contributed by atoms with van der Waals surface area (Å²) in [6.07, 6.45) is -4.04. The average Bonchev–Trinajstić information content (AvgIpc) is 2.89. The van der Waals surface area contributed by atoms with Crippen molar-refractivity contribution in [3.05, 3.63) is 52.6 Å². The Morgan fingerprint density at radius 3 is 2.72 bits per heavy atom. The maximum atomic E-state index is 12.9. The Morgan fingerprint density at radius 2 is 2.04 bits per heavy atom. The summed E-state index contributed by atoms with van der Waals surface area (Å²) < 4.78 is 44.2. The normalized spacial score (nSPS) is 11.7. The van der Waals surface area contributed by atoms with E-state index in [0.717, 1.165) is 16.7 Å². The number of carbonyl (C=O) groups excluding carboxylic acids is 1. The third-order valence-electron chi connectivity index (χ3n) is 3.51. The number of halogens is 3. The van der Waals surface area contributed by atoms with E-state index in [-0.39, 0.29) is 23.3 Å². The second-order valence-electron chi connectivity index (χ2n) is 5.13. The Morgan fingerprint density at radius 1 is 1.28 bits per heavy atom. The van der Waals surface area contributed by atoms with Gasteiger partial charge in [0.15, 0.2) is 5.65 Å². The summed E-state index contributed by atoms with van der Waals surface area (Å²) in [6.45, 7) is 1.66. The SMILES string of the molecule is CCOC(=O)n1c(=O)[nH]c2ncc(-c3cccc(C(F)(F)F)c3)cc21. The molecule has 2 heterocycles. The number of nitrogens with one attached hydrogen (secondary N) is 1. The van der Waals surface area contributed by atoms with Crippen LogP contribution in [0.4, 0.5) is 18.0 Å². The predicted molar refractivity (Wildman–Crippen MR) is 83.2 cm³/mol. The van der Waals surface area contributed by atoms with Gasteiger partial charge in [-0.25, -0.2) is 14.6 Å². The number of benzene rings is 1. The molecule has 130 valence electrons. The first-order valence-corrected chi connectivity index (χ1v) is 7.27. The molecule has 0 spiro atoms. The van der Waals surface area contributed by atoms with Crippen molar-refractivity contribution in [3.63, 3.8) is 0 Å². The smallest absolute Gasteiger partial charge is 0.422 e. The van der Waals surface area contributed by atoms with Crippen molar-refractivity contribution >= 4 is 17.3 Å². The molecule has 1 N–H and O–H groups in total. The number of ether oxygens (including phenoxy) is 1. The summed E-state index contributed by atoms with van der Waals surface area (Å²) in [6, 6.07) is 6.10. The molecule has 0 atom stereocenters. The molecule has 0 aliphatic carbocycles. The minimum atomic E-state index is -4.48. The van der Waals surface area contributed by atoms with Crippen LogP contribution in [-0.4, -0.2) is 27.2 Å². The number of alkyl halides is 3. The fraction of sp³-hybridized carbons (Fsp3) is 0.188. The van der Waals surface area contributed by atoms with Crippen molar-refractivity contribution in [3.8, 4) is 11.1 Å². The van der Waals surface area contributed by atoms with Crippen LogP contribution in [-0.2, 0) is 10.9 Å². The Balaban J connectivity index is 2.15. The average molecular weight is 351 g/mol. The first-order chi connectivity index (χ1) is 11.8. The zero-order chi connectivity index (χ0) is 18.2. The van der Waals surface area contributed by atoms with Crippen LogP contribution in [0.5, 0.6) is 0 Å². The van der Waals surface area contributed by atoms with Gasteiger partial charge in [-0.05, 0) is 30.7 Å². The van der Waals surface area contributed by atoms with Gasteiger partial charge < -0.3 is 4.74 Å². The Kier molecular flexibility index (Phi) is 4.07. The highest BCUT2D eigenvalue weighted by molar-refractivity contribution is 5.87. The number of hydrogen-bond donors (Lipinski definition) is 1. The largest absolute Gasteiger partial charge is 0.449 e. The Hall–Kier alpha value is -3.10. The summed E-state index contributed by atoms with van der Waals surface area (Å²) >= 11 is 0. The lowest BCUT2D eigenvalue weighted by Crippen LogP contribution is -2.25. The quantitative estimate of drug-likeness (QED) is 0.767. The van der Waals surface area contributed by atoms with E-state index in [1.807, 2.05) is 0 Å². The number of carbonyl (C=O) groups is 1. The predicted octanol–water partition coefficient (Wildman–Crippen LogP) is 3.42. The van der Waals surface area contributed by atoms with Crippen LogP contribution in [0.15, 0.2) is 41.3 Å². The molecule has 3 aromatic rings. The lowest BCUT2D eigenvalue weighted by atomic mass is 10.0. The summed E-state index contributed by atoms with van der Waals surface area (Å²) in [4.78, 5) is 30.2. The van der Waals surface area contributed by atoms with Gasteiger partial charge in [0.1, 0.15) is 5.52 Å². The fourth-order valence-corrected chi connectivity index (χ4v) is 2.39. The molecule has 0 saturated carbocycles. The molecule has 0 fully saturated rings. The molecule has 0 amide bonds. The molecule has 6 nitrogen and oxygen atoms in total. The maximum absolute atomic E-state index is 12.9. The van der Waals surface area contributed by atoms with Crippen molar-refractivity contribution in [2.45, 2.75) is 13.1 Å². The van der Waals surface area contributed by atoms with Gasteiger partial charge in [0.05, 0.1) is 12.2 Å². The van der Waals surface area contributed by atoms with Crippen molar-refractivity contribution in [1.29, 1.82) is 0 Å². The van der Waals surface area contributed by atoms with E-state index in [1.54, 1.807) is 6.92 Å². The molecule has 0 radical (unpaired) electrons. The van der Waals surface area contributed by atoms with Crippen molar-refractivity contribution in [2.24, 2.45) is 0 Å². The van der Waals surface area contributed by atoms with Crippen LogP contribution in [0, 0.1) is 0 Å². The van der Waals surface area contributed by atoms with E-state index in [2.05, 4.69) is 9.97 Å². The van der Waals surface area contributed by atoms with Crippen molar-refractivity contribution in [2.75, 3.05) is 6.61 Å². The summed E-state index contributed by atoms with van der Waals surface area (Å²) in [5, 5.41) is 0. The van der Waals surface area contributed by atoms with Crippen molar-refractivity contribution in [1.82, 2.24) is 14.5 Å². The number of fused-ring (bicyclic) bond motifs is 1. The molecule has 0 aliphatic rings. The zero-order valence-electron chi connectivity index (χ0n) is 12.9. The molecule has 1 aromatic carbocycles. The monoisotopic (exact) mass is 351 g/mol. The van der Waals surface area contributed by atoms with E-state index in [4.69, 9.17) is 4.74 Å². The van der Waals surface area contributed by atoms with Gasteiger partial charge in [0, 0.05) is 11.8 Å². The number of hydrogen-bond acceptors (Lipinski definition) is 4. The fourth-order valence-electron chi connectivity index (χ4n) is 2.39. The maximum Gasteiger partial charge on any atom is 0.422 e. The molecular formula is C16H12F3N3O3. The lowest BCUT2D eigenvalue weighted by Gasteiger charge is -2.09. The Bertz CT molecular complexity index is 1010. The standard InChI is InChI=1S/C16H12F3N3O3/c1-2-25-15(24)22-12-7-10(8-20-13(12)21-14(22)23)9-4-3-5-11(6-9)16(17,18)19/h3-8H,2H2,1H3,(H,20,21,23).